The average molecular weight is 290 g/mol. The van der Waals surface area contributed by atoms with E-state index in [1.165, 1.54) is 12.8 Å². The number of hydrogen-bond acceptors (Lipinski definition) is 4. The molecule has 1 fully saturated rings. The molecule has 0 aromatic heterocycles. The lowest BCUT2D eigenvalue weighted by atomic mass is 10.0. The number of nitrogens with zero attached hydrogens (tertiary/aromatic N) is 2. The molecule has 1 aliphatic heterocycles. The van der Waals surface area contributed by atoms with Crippen LogP contribution in [-0.4, -0.2) is 55.5 Å². The van der Waals surface area contributed by atoms with Crippen LogP contribution in [-0.2, 0) is 4.79 Å². The van der Waals surface area contributed by atoms with Gasteiger partial charge >= 0.3 is 0 Å². The van der Waals surface area contributed by atoms with Gasteiger partial charge < -0.3 is 20.9 Å². The number of amides is 1. The van der Waals surface area contributed by atoms with Crippen molar-refractivity contribution in [3.8, 4) is 0 Å². The Hall–Kier alpha value is -1.59. The maximum absolute atomic E-state index is 12.0. The first-order valence-corrected chi connectivity index (χ1v) is 7.59. The summed E-state index contributed by atoms with van der Waals surface area (Å²) in [5, 5.41) is 2.91. The molecule has 0 atom stereocenters. The van der Waals surface area contributed by atoms with Gasteiger partial charge in [0.2, 0.25) is 5.91 Å². The lowest BCUT2D eigenvalue weighted by Gasteiger charge is -2.35. The maximum atomic E-state index is 12.0. The molecule has 21 heavy (non-hydrogen) atoms. The van der Waals surface area contributed by atoms with Gasteiger partial charge in [-0.15, -0.1) is 0 Å². The van der Waals surface area contributed by atoms with Crippen LogP contribution in [0.5, 0.6) is 0 Å². The molecule has 1 saturated heterocycles. The third-order valence-corrected chi connectivity index (χ3v) is 4.20. The van der Waals surface area contributed by atoms with E-state index in [2.05, 4.69) is 29.2 Å². The molecule has 5 nitrogen and oxygen atoms in total. The summed E-state index contributed by atoms with van der Waals surface area (Å²) < 4.78 is 0. The summed E-state index contributed by atoms with van der Waals surface area (Å²) in [6.07, 6.45) is 2.90. The number of piperidine rings is 1. The second-order valence-corrected chi connectivity index (χ2v) is 5.94. The molecule has 0 spiro atoms. The monoisotopic (exact) mass is 290 g/mol. The second-order valence-electron chi connectivity index (χ2n) is 5.94. The van der Waals surface area contributed by atoms with Crippen LogP contribution in [0.1, 0.15) is 19.3 Å². The van der Waals surface area contributed by atoms with Crippen molar-refractivity contribution in [3.05, 3.63) is 24.3 Å². The van der Waals surface area contributed by atoms with E-state index in [9.17, 15) is 4.79 Å². The van der Waals surface area contributed by atoms with Gasteiger partial charge in [0.05, 0.1) is 0 Å². The second kappa shape index (κ2) is 7.43. The molecular weight excluding hydrogens is 264 g/mol. The number of nitrogens with two attached hydrogens (primary N) is 1. The maximum Gasteiger partial charge on any atom is 0.225 e. The minimum Gasteiger partial charge on any atom is -0.399 e. The van der Waals surface area contributed by atoms with Crippen LogP contribution in [0, 0.1) is 0 Å². The number of nitrogen functional groups attached to an aromatic ring is 1. The number of hydrogen-bond donors (Lipinski definition) is 2. The van der Waals surface area contributed by atoms with Crippen LogP contribution in [0.3, 0.4) is 0 Å². The van der Waals surface area contributed by atoms with Gasteiger partial charge in [-0.05, 0) is 64.3 Å². The third kappa shape index (κ3) is 5.02. The highest BCUT2D eigenvalue weighted by Crippen LogP contribution is 2.15. The Kier molecular flexibility index (Phi) is 5.59. The zero-order valence-electron chi connectivity index (χ0n) is 13.0. The molecule has 3 N–H and O–H groups in total. The predicted molar refractivity (Wildman–Crippen MR) is 87.3 cm³/mol. The Morgan fingerprint density at radius 1 is 1.33 bits per heavy atom. The van der Waals surface area contributed by atoms with E-state index in [0.717, 1.165) is 25.3 Å². The average Bonchev–Trinajstić information content (AvgIpc) is 2.48. The fraction of sp³-hybridized carbons (Fsp3) is 0.562. The first-order valence-electron chi connectivity index (χ1n) is 7.59. The van der Waals surface area contributed by atoms with Crippen molar-refractivity contribution in [3.63, 3.8) is 0 Å². The summed E-state index contributed by atoms with van der Waals surface area (Å²) in [7, 11) is 4.28. The molecule has 0 aliphatic carbocycles. The number of rotatable bonds is 5. The van der Waals surface area contributed by atoms with Crippen molar-refractivity contribution in [1.82, 2.24) is 9.80 Å². The summed E-state index contributed by atoms with van der Waals surface area (Å²) in [6.45, 7) is 3.09. The highest BCUT2D eigenvalue weighted by molar-refractivity contribution is 5.90. The summed E-state index contributed by atoms with van der Waals surface area (Å²) in [4.78, 5) is 16.6. The van der Waals surface area contributed by atoms with Crippen LogP contribution in [0.15, 0.2) is 24.3 Å². The molecule has 2 rings (SSSR count). The Bertz CT molecular complexity index is 452. The molecule has 0 radical (unpaired) electrons. The first kappa shape index (κ1) is 15.8. The molecule has 1 heterocycles. The van der Waals surface area contributed by atoms with Gasteiger partial charge in [-0.25, -0.2) is 0 Å². The molecule has 0 unspecified atom stereocenters. The smallest absolute Gasteiger partial charge is 0.225 e. The van der Waals surface area contributed by atoms with Gasteiger partial charge in [-0.3, -0.25) is 4.79 Å². The quantitative estimate of drug-likeness (QED) is 0.809. The Morgan fingerprint density at radius 3 is 2.57 bits per heavy atom. The molecule has 5 heteroatoms. The molecule has 1 amide bonds. The number of benzene rings is 1. The zero-order valence-corrected chi connectivity index (χ0v) is 13.0. The number of carbonyl (C=O) groups is 1. The Morgan fingerprint density at radius 2 is 1.95 bits per heavy atom. The molecule has 0 bridgehead atoms. The minimum atomic E-state index is 0.0551. The van der Waals surface area contributed by atoms with Crippen LogP contribution >= 0.6 is 0 Å². The normalized spacial score (nSPS) is 17.1. The predicted octanol–water partition coefficient (Wildman–Crippen LogP) is 1.62. The zero-order chi connectivity index (χ0) is 15.2. The topological polar surface area (TPSA) is 61.6 Å². The standard InChI is InChI=1S/C16H26N4O/c1-19-10-7-15(8-11-19)20(2)12-9-16(21)18-14-5-3-13(17)4-6-14/h3-6,15H,7-12,17H2,1-2H3,(H,18,21). The van der Waals surface area contributed by atoms with Crippen molar-refractivity contribution in [2.45, 2.75) is 25.3 Å². The van der Waals surface area contributed by atoms with E-state index in [1.54, 1.807) is 12.1 Å². The van der Waals surface area contributed by atoms with Gasteiger partial charge in [0.1, 0.15) is 0 Å². The highest BCUT2D eigenvalue weighted by atomic mass is 16.1. The van der Waals surface area contributed by atoms with E-state index in [0.29, 0.717) is 18.2 Å². The van der Waals surface area contributed by atoms with E-state index in [1.807, 2.05) is 12.1 Å². The number of carbonyl (C=O) groups excluding carboxylic acids is 1. The molecule has 1 aromatic carbocycles. The minimum absolute atomic E-state index is 0.0551. The molecule has 116 valence electrons. The van der Waals surface area contributed by atoms with Gasteiger partial charge in [-0.2, -0.15) is 0 Å². The van der Waals surface area contributed by atoms with Gasteiger partial charge in [-0.1, -0.05) is 0 Å². The lowest BCUT2D eigenvalue weighted by molar-refractivity contribution is -0.116. The van der Waals surface area contributed by atoms with E-state index >= 15 is 0 Å². The van der Waals surface area contributed by atoms with Crippen molar-refractivity contribution in [2.24, 2.45) is 0 Å². The number of likely N-dealkylation sites (tertiary alicyclic amines) is 1. The van der Waals surface area contributed by atoms with Crippen LogP contribution in [0.25, 0.3) is 0 Å². The van der Waals surface area contributed by atoms with E-state index in [-0.39, 0.29) is 5.91 Å². The van der Waals surface area contributed by atoms with Crippen LogP contribution in [0.2, 0.25) is 0 Å². The summed E-state index contributed by atoms with van der Waals surface area (Å²) in [6, 6.07) is 7.84. The number of nitrogens with one attached hydrogen (secondary N) is 1. The Balaban J connectivity index is 1.72. The van der Waals surface area contributed by atoms with Crippen molar-refractivity contribution in [1.29, 1.82) is 0 Å². The van der Waals surface area contributed by atoms with Crippen LogP contribution < -0.4 is 11.1 Å². The SMILES string of the molecule is CN1CCC(N(C)CCC(=O)Nc2ccc(N)cc2)CC1. The molecule has 1 aliphatic rings. The first-order chi connectivity index (χ1) is 10.0. The van der Waals surface area contributed by atoms with Crippen molar-refractivity contribution in [2.75, 3.05) is 44.8 Å². The van der Waals surface area contributed by atoms with Crippen LogP contribution in [0.4, 0.5) is 11.4 Å². The van der Waals surface area contributed by atoms with Crippen molar-refractivity contribution < 1.29 is 4.79 Å². The molecular formula is C16H26N4O. The lowest BCUT2D eigenvalue weighted by Crippen LogP contribution is -2.42. The fourth-order valence-corrected chi connectivity index (χ4v) is 2.69. The summed E-state index contributed by atoms with van der Waals surface area (Å²) >= 11 is 0. The van der Waals surface area contributed by atoms with E-state index in [4.69, 9.17) is 5.73 Å². The van der Waals surface area contributed by atoms with Gasteiger partial charge in [0.15, 0.2) is 0 Å². The van der Waals surface area contributed by atoms with Gasteiger partial charge in [0, 0.05) is 30.4 Å². The third-order valence-electron chi connectivity index (χ3n) is 4.20. The van der Waals surface area contributed by atoms with Crippen molar-refractivity contribution >= 4 is 17.3 Å². The molecule has 1 aromatic rings. The molecule has 0 saturated carbocycles. The Labute approximate surface area is 127 Å². The fourth-order valence-electron chi connectivity index (χ4n) is 2.69. The van der Waals surface area contributed by atoms with E-state index < -0.39 is 0 Å². The summed E-state index contributed by atoms with van der Waals surface area (Å²) in [5.41, 5.74) is 7.13. The van der Waals surface area contributed by atoms with Gasteiger partial charge in [0.25, 0.3) is 0 Å². The highest BCUT2D eigenvalue weighted by Gasteiger charge is 2.20. The summed E-state index contributed by atoms with van der Waals surface area (Å²) in [5.74, 6) is 0.0551. The largest absolute Gasteiger partial charge is 0.399 e. The number of anilines is 2.